The molecule has 1 unspecified atom stereocenters. The van der Waals surface area contributed by atoms with Gasteiger partial charge in [0, 0.05) is 6.54 Å². The van der Waals surface area contributed by atoms with Gasteiger partial charge in [0.2, 0.25) is 10.0 Å². The molecule has 21 heavy (non-hydrogen) atoms. The third-order valence-corrected chi connectivity index (χ3v) is 4.25. The highest BCUT2D eigenvalue weighted by atomic mass is 32.2. The van der Waals surface area contributed by atoms with Gasteiger partial charge in [-0.05, 0) is 45.4 Å². The number of nitrogens with one attached hydrogen (secondary N) is 1. The van der Waals surface area contributed by atoms with Gasteiger partial charge in [-0.3, -0.25) is 14.4 Å². The van der Waals surface area contributed by atoms with Gasteiger partial charge in [0.05, 0.1) is 6.26 Å². The molecule has 2 amide bonds. The van der Waals surface area contributed by atoms with Gasteiger partial charge < -0.3 is 4.74 Å². The summed E-state index contributed by atoms with van der Waals surface area (Å²) in [6.07, 6.45) is 2.75. The Bertz CT molecular complexity index is 560. The molecule has 1 spiro atoms. The van der Waals surface area contributed by atoms with Gasteiger partial charge in [0.25, 0.3) is 5.91 Å². The molecule has 1 atom stereocenters. The molecule has 7 nitrogen and oxygen atoms in total. The quantitative estimate of drug-likeness (QED) is 0.815. The number of likely N-dealkylation sites (tertiary alicyclic amines) is 1. The molecule has 0 bridgehead atoms. The van der Waals surface area contributed by atoms with Crippen molar-refractivity contribution in [2.75, 3.05) is 12.8 Å². The summed E-state index contributed by atoms with van der Waals surface area (Å²) in [6, 6.07) is -0.780. The van der Waals surface area contributed by atoms with Crippen LogP contribution in [-0.4, -0.2) is 49.8 Å². The first-order chi connectivity index (χ1) is 9.41. The van der Waals surface area contributed by atoms with E-state index in [1.54, 1.807) is 20.8 Å². The van der Waals surface area contributed by atoms with E-state index in [0.717, 1.165) is 19.1 Å². The molecule has 1 aliphatic heterocycles. The summed E-state index contributed by atoms with van der Waals surface area (Å²) in [5, 5.41) is 0. The molecule has 1 saturated heterocycles. The van der Waals surface area contributed by atoms with E-state index in [9.17, 15) is 18.0 Å². The fraction of sp³-hybridized carbons (Fsp3) is 0.846. The second-order valence-electron chi connectivity index (χ2n) is 7.07. The van der Waals surface area contributed by atoms with E-state index in [4.69, 9.17) is 4.74 Å². The minimum atomic E-state index is -3.64. The van der Waals surface area contributed by atoms with E-state index in [1.165, 1.54) is 4.90 Å². The summed E-state index contributed by atoms with van der Waals surface area (Å²) < 4.78 is 29.7. The van der Waals surface area contributed by atoms with Crippen molar-refractivity contribution in [2.24, 2.45) is 5.41 Å². The first-order valence-corrected chi connectivity index (χ1v) is 8.81. The maximum absolute atomic E-state index is 12.2. The van der Waals surface area contributed by atoms with E-state index < -0.39 is 33.7 Å². The molecule has 0 aromatic carbocycles. The second-order valence-corrected chi connectivity index (χ2v) is 8.82. The van der Waals surface area contributed by atoms with Crippen LogP contribution in [0, 0.1) is 5.41 Å². The van der Waals surface area contributed by atoms with Gasteiger partial charge >= 0.3 is 6.09 Å². The van der Waals surface area contributed by atoms with Gasteiger partial charge in [-0.25, -0.2) is 13.2 Å². The Hall–Kier alpha value is -1.31. The fourth-order valence-corrected chi connectivity index (χ4v) is 3.09. The van der Waals surface area contributed by atoms with Crippen LogP contribution in [0.5, 0.6) is 0 Å². The summed E-state index contributed by atoms with van der Waals surface area (Å²) in [5.41, 5.74) is -0.690. The van der Waals surface area contributed by atoms with Crippen LogP contribution in [0.3, 0.4) is 0 Å². The van der Waals surface area contributed by atoms with Gasteiger partial charge in [-0.2, -0.15) is 0 Å². The van der Waals surface area contributed by atoms with Crippen LogP contribution in [0.1, 0.15) is 40.0 Å². The zero-order chi connectivity index (χ0) is 16.1. The Morgan fingerprint density at radius 2 is 1.86 bits per heavy atom. The maximum Gasteiger partial charge on any atom is 0.410 e. The normalized spacial score (nSPS) is 24.0. The van der Waals surface area contributed by atoms with Crippen molar-refractivity contribution in [2.45, 2.75) is 51.7 Å². The second kappa shape index (κ2) is 4.86. The number of hydrogen-bond acceptors (Lipinski definition) is 5. The third-order valence-electron chi connectivity index (χ3n) is 3.68. The number of sulfonamides is 1. The lowest BCUT2D eigenvalue weighted by molar-refractivity contribution is -0.123. The zero-order valence-electron chi connectivity index (χ0n) is 12.8. The van der Waals surface area contributed by atoms with Crippen molar-refractivity contribution in [3.63, 3.8) is 0 Å². The third kappa shape index (κ3) is 4.09. The number of ether oxygens (including phenoxy) is 1. The zero-order valence-corrected chi connectivity index (χ0v) is 13.6. The Morgan fingerprint density at radius 3 is 2.29 bits per heavy atom. The summed E-state index contributed by atoms with van der Waals surface area (Å²) in [5.74, 6) is -0.660. The van der Waals surface area contributed by atoms with E-state index in [1.807, 2.05) is 4.72 Å². The van der Waals surface area contributed by atoms with E-state index in [0.29, 0.717) is 13.0 Å². The van der Waals surface area contributed by atoms with Crippen LogP contribution in [0.15, 0.2) is 0 Å². The van der Waals surface area contributed by atoms with E-state index >= 15 is 0 Å². The predicted octanol–water partition coefficient (Wildman–Crippen LogP) is 0.852. The minimum absolute atomic E-state index is 0.0313. The lowest BCUT2D eigenvalue weighted by Gasteiger charge is -2.27. The molecule has 1 saturated carbocycles. The standard InChI is InChI=1S/C13H22N2O5S/c1-12(2,3)20-11(17)15-8-13(5-6-13)7-9(15)10(16)14-21(4,18)19/h9H,5-8H2,1-4H3,(H,14,16). The summed E-state index contributed by atoms with van der Waals surface area (Å²) in [6.45, 7) is 5.70. The average molecular weight is 318 g/mol. The van der Waals surface area contributed by atoms with E-state index in [2.05, 4.69) is 0 Å². The monoisotopic (exact) mass is 318 g/mol. The summed E-state index contributed by atoms with van der Waals surface area (Å²) in [4.78, 5) is 25.7. The highest BCUT2D eigenvalue weighted by Gasteiger charge is 2.56. The summed E-state index contributed by atoms with van der Waals surface area (Å²) >= 11 is 0. The van der Waals surface area contributed by atoms with Crippen LogP contribution >= 0.6 is 0 Å². The highest BCUT2D eigenvalue weighted by Crippen LogP contribution is 2.55. The topological polar surface area (TPSA) is 92.8 Å². The van der Waals surface area contributed by atoms with E-state index in [-0.39, 0.29) is 5.41 Å². The summed E-state index contributed by atoms with van der Waals surface area (Å²) in [7, 11) is -3.64. The van der Waals surface area contributed by atoms with Crippen molar-refractivity contribution in [3.05, 3.63) is 0 Å². The smallest absolute Gasteiger partial charge is 0.410 e. The number of hydrogen-bond donors (Lipinski definition) is 1. The molecule has 2 aliphatic rings. The predicted molar refractivity (Wildman–Crippen MR) is 76.0 cm³/mol. The van der Waals surface area contributed by atoms with Gasteiger partial charge in [0.15, 0.2) is 0 Å². The molecule has 0 radical (unpaired) electrons. The molecule has 1 N–H and O–H groups in total. The van der Waals surface area contributed by atoms with Crippen molar-refractivity contribution in [1.29, 1.82) is 0 Å². The van der Waals surface area contributed by atoms with Crippen LogP contribution < -0.4 is 4.72 Å². The molecular formula is C13H22N2O5S. The Kier molecular flexibility index (Phi) is 3.72. The Labute approximate surface area is 125 Å². The molecule has 120 valence electrons. The first kappa shape index (κ1) is 16.1. The fourth-order valence-electron chi connectivity index (χ4n) is 2.59. The molecule has 0 aromatic heterocycles. The Morgan fingerprint density at radius 1 is 1.29 bits per heavy atom. The minimum Gasteiger partial charge on any atom is -0.444 e. The molecule has 1 heterocycles. The SMILES string of the molecule is CC(C)(C)OC(=O)N1CC2(CC2)CC1C(=O)NS(C)(=O)=O. The van der Waals surface area contributed by atoms with Crippen molar-refractivity contribution in [1.82, 2.24) is 9.62 Å². The van der Waals surface area contributed by atoms with Crippen LogP contribution in [0.2, 0.25) is 0 Å². The first-order valence-electron chi connectivity index (χ1n) is 6.92. The number of nitrogens with zero attached hydrogens (tertiary/aromatic N) is 1. The van der Waals surface area contributed by atoms with Crippen LogP contribution in [0.4, 0.5) is 4.79 Å². The van der Waals surface area contributed by atoms with Crippen molar-refractivity contribution < 1.29 is 22.7 Å². The molecular weight excluding hydrogens is 296 g/mol. The average Bonchev–Trinajstić information content (AvgIpc) is 2.84. The number of rotatable bonds is 2. The van der Waals surface area contributed by atoms with Crippen LogP contribution in [0.25, 0.3) is 0 Å². The molecule has 2 rings (SSSR count). The van der Waals surface area contributed by atoms with Crippen molar-refractivity contribution in [3.8, 4) is 0 Å². The molecule has 1 aliphatic carbocycles. The van der Waals surface area contributed by atoms with Crippen molar-refractivity contribution >= 4 is 22.0 Å². The van der Waals surface area contributed by atoms with Gasteiger partial charge in [0.1, 0.15) is 11.6 Å². The molecule has 0 aromatic rings. The highest BCUT2D eigenvalue weighted by molar-refractivity contribution is 7.89. The van der Waals surface area contributed by atoms with Gasteiger partial charge in [-0.15, -0.1) is 0 Å². The number of carbonyl (C=O) groups excluding carboxylic acids is 2. The number of amides is 2. The largest absolute Gasteiger partial charge is 0.444 e. The number of carbonyl (C=O) groups is 2. The Balaban J connectivity index is 2.13. The maximum atomic E-state index is 12.2. The van der Waals surface area contributed by atoms with Crippen LogP contribution in [-0.2, 0) is 19.6 Å². The lowest BCUT2D eigenvalue weighted by atomic mass is 10.0. The molecule has 2 fully saturated rings. The van der Waals surface area contributed by atoms with Gasteiger partial charge in [-0.1, -0.05) is 0 Å². The molecule has 8 heteroatoms. The lowest BCUT2D eigenvalue weighted by Crippen LogP contribution is -2.48.